The Labute approximate surface area is 190 Å². The summed E-state index contributed by atoms with van der Waals surface area (Å²) < 4.78 is 1.57. The zero-order valence-corrected chi connectivity index (χ0v) is 18.9. The van der Waals surface area contributed by atoms with Crippen molar-refractivity contribution in [1.82, 2.24) is 25.0 Å². The highest BCUT2D eigenvalue weighted by molar-refractivity contribution is 6.31. The summed E-state index contributed by atoms with van der Waals surface area (Å²) in [7, 11) is 1.65. The molecular weight excluding hydrogens is 430 g/mol. The van der Waals surface area contributed by atoms with Gasteiger partial charge in [0.05, 0.1) is 6.54 Å². The maximum Gasteiger partial charge on any atom is 0.272 e. The zero-order valence-electron chi connectivity index (χ0n) is 18.1. The molecule has 5 rings (SSSR count). The maximum atomic E-state index is 13.2. The van der Waals surface area contributed by atoms with Crippen LogP contribution in [-0.4, -0.2) is 55.2 Å². The first-order valence-corrected chi connectivity index (χ1v) is 11.3. The van der Waals surface area contributed by atoms with Gasteiger partial charge in [0, 0.05) is 29.0 Å². The Balaban J connectivity index is 1.48. The minimum Gasteiger partial charge on any atom is -0.505 e. The van der Waals surface area contributed by atoms with Crippen LogP contribution in [0.2, 0.25) is 5.02 Å². The topological polar surface area (TPSA) is 103 Å². The van der Waals surface area contributed by atoms with Crippen molar-refractivity contribution in [3.8, 4) is 17.1 Å². The molecule has 3 heterocycles. The maximum absolute atomic E-state index is 13.2. The molecule has 0 bridgehead atoms. The smallest absolute Gasteiger partial charge is 0.272 e. The van der Waals surface area contributed by atoms with Gasteiger partial charge in [0.15, 0.2) is 5.75 Å². The van der Waals surface area contributed by atoms with E-state index >= 15 is 0 Å². The van der Waals surface area contributed by atoms with Crippen molar-refractivity contribution in [2.45, 2.75) is 57.2 Å². The van der Waals surface area contributed by atoms with Crippen molar-refractivity contribution in [3.63, 3.8) is 0 Å². The number of amides is 2. The summed E-state index contributed by atoms with van der Waals surface area (Å²) in [5.74, 6) is -0.419. The third kappa shape index (κ3) is 3.24. The molecule has 9 heteroatoms. The Bertz CT molecular complexity index is 1230. The molecule has 3 N–H and O–H groups in total. The van der Waals surface area contributed by atoms with E-state index in [9.17, 15) is 14.7 Å². The lowest BCUT2D eigenvalue weighted by Gasteiger charge is -2.41. The molecule has 1 saturated carbocycles. The molecule has 2 aliphatic rings. The number of halogens is 1. The van der Waals surface area contributed by atoms with E-state index in [-0.39, 0.29) is 30.2 Å². The number of hydrogen-bond donors (Lipinski definition) is 3. The standard InChI is InChI=1S/C23H26ClN5O3/c1-23(22(32)25-14-6-4-3-5-7-14)12-29-18(21(31)28(23)2)11-17(27-29)19-20(30)15-10-13(24)8-9-16(15)26-19/h8-11,14,26,30H,3-7,12H2,1-2H3,(H,25,32). The van der Waals surface area contributed by atoms with Crippen LogP contribution < -0.4 is 5.32 Å². The van der Waals surface area contributed by atoms with E-state index in [1.165, 1.54) is 11.3 Å². The summed E-state index contributed by atoms with van der Waals surface area (Å²) in [6.07, 6.45) is 5.37. The first-order chi connectivity index (χ1) is 15.3. The Morgan fingerprint density at radius 1 is 1.28 bits per heavy atom. The molecule has 2 aromatic heterocycles. The van der Waals surface area contributed by atoms with Gasteiger partial charge in [-0.3, -0.25) is 14.3 Å². The van der Waals surface area contributed by atoms with Gasteiger partial charge in [-0.15, -0.1) is 0 Å². The largest absolute Gasteiger partial charge is 0.505 e. The highest BCUT2D eigenvalue weighted by atomic mass is 35.5. The van der Waals surface area contributed by atoms with Gasteiger partial charge in [-0.1, -0.05) is 30.9 Å². The van der Waals surface area contributed by atoms with Crippen LogP contribution in [0.5, 0.6) is 5.75 Å². The van der Waals surface area contributed by atoms with E-state index in [4.69, 9.17) is 11.6 Å². The van der Waals surface area contributed by atoms with Crippen molar-refractivity contribution in [2.75, 3.05) is 7.05 Å². The lowest BCUT2D eigenvalue weighted by Crippen LogP contribution is -2.63. The first-order valence-electron chi connectivity index (χ1n) is 11.0. The van der Waals surface area contributed by atoms with Gasteiger partial charge in [-0.05, 0) is 44.0 Å². The van der Waals surface area contributed by atoms with Crippen LogP contribution in [-0.2, 0) is 11.3 Å². The van der Waals surface area contributed by atoms with Crippen LogP contribution in [0, 0.1) is 0 Å². The molecule has 1 aliphatic heterocycles. The van der Waals surface area contributed by atoms with Gasteiger partial charge in [0.2, 0.25) is 5.91 Å². The number of hydrogen-bond acceptors (Lipinski definition) is 4. The quantitative estimate of drug-likeness (QED) is 0.560. The third-order valence-corrected chi connectivity index (χ3v) is 7.16. The monoisotopic (exact) mass is 455 g/mol. The number of nitrogens with one attached hydrogen (secondary N) is 2. The molecule has 1 fully saturated rings. The second-order valence-corrected chi connectivity index (χ2v) is 9.49. The molecule has 168 valence electrons. The molecule has 1 atom stereocenters. The number of aromatic nitrogens is 3. The van der Waals surface area contributed by atoms with Crippen LogP contribution in [0.3, 0.4) is 0 Å². The molecule has 0 spiro atoms. The predicted molar refractivity (Wildman–Crippen MR) is 122 cm³/mol. The number of carbonyl (C=O) groups is 2. The van der Waals surface area contributed by atoms with Gasteiger partial charge < -0.3 is 20.3 Å². The van der Waals surface area contributed by atoms with Gasteiger partial charge in [0.25, 0.3) is 5.91 Å². The number of aromatic amines is 1. The molecule has 8 nitrogen and oxygen atoms in total. The fourth-order valence-electron chi connectivity index (χ4n) is 4.77. The highest BCUT2D eigenvalue weighted by Crippen LogP contribution is 2.38. The molecule has 0 saturated heterocycles. The second-order valence-electron chi connectivity index (χ2n) is 9.06. The van der Waals surface area contributed by atoms with Crippen LogP contribution >= 0.6 is 11.6 Å². The van der Waals surface area contributed by atoms with Crippen molar-refractivity contribution < 1.29 is 14.7 Å². The Morgan fingerprint density at radius 3 is 2.78 bits per heavy atom. The first kappa shape index (κ1) is 20.9. The number of nitrogens with zero attached hydrogens (tertiary/aromatic N) is 3. The zero-order chi connectivity index (χ0) is 22.6. The van der Waals surface area contributed by atoms with Crippen molar-refractivity contribution >= 4 is 34.3 Å². The van der Waals surface area contributed by atoms with Crippen LogP contribution in [0.4, 0.5) is 0 Å². The van der Waals surface area contributed by atoms with E-state index in [1.807, 2.05) is 0 Å². The van der Waals surface area contributed by atoms with Gasteiger partial charge in [-0.25, -0.2) is 0 Å². The fourth-order valence-corrected chi connectivity index (χ4v) is 4.94. The normalized spacial score (nSPS) is 21.7. The Morgan fingerprint density at radius 2 is 2.03 bits per heavy atom. The molecule has 0 radical (unpaired) electrons. The average molecular weight is 456 g/mol. The second kappa shape index (κ2) is 7.55. The molecule has 2 amide bonds. The number of rotatable bonds is 3. The number of likely N-dealkylation sites (N-methyl/N-ethyl adjacent to an activating group) is 1. The van der Waals surface area contributed by atoms with E-state index in [0.717, 1.165) is 25.7 Å². The summed E-state index contributed by atoms with van der Waals surface area (Å²) in [6.45, 7) is 2.01. The van der Waals surface area contributed by atoms with Crippen LogP contribution in [0.1, 0.15) is 49.5 Å². The number of H-pyrrole nitrogens is 1. The molecule has 3 aromatic rings. The minimum atomic E-state index is -1.05. The summed E-state index contributed by atoms with van der Waals surface area (Å²) in [5, 5.41) is 19.5. The molecule has 1 unspecified atom stereocenters. The Hall–Kier alpha value is -3.00. The minimum absolute atomic E-state index is 0.0246. The van der Waals surface area contributed by atoms with E-state index in [2.05, 4.69) is 15.4 Å². The summed E-state index contributed by atoms with van der Waals surface area (Å²) >= 11 is 6.06. The predicted octanol–water partition coefficient (Wildman–Crippen LogP) is 3.68. The van der Waals surface area contributed by atoms with Gasteiger partial charge in [0.1, 0.15) is 22.6 Å². The number of carbonyl (C=O) groups excluding carboxylic acids is 2. The van der Waals surface area contributed by atoms with Crippen LogP contribution in [0.25, 0.3) is 22.3 Å². The lowest BCUT2D eigenvalue weighted by molar-refractivity contribution is -0.133. The summed E-state index contributed by atoms with van der Waals surface area (Å²) in [4.78, 5) is 31.0. The van der Waals surface area contributed by atoms with Gasteiger partial charge in [-0.2, -0.15) is 5.10 Å². The summed E-state index contributed by atoms with van der Waals surface area (Å²) in [6, 6.07) is 6.98. The number of benzene rings is 1. The van der Waals surface area contributed by atoms with Crippen molar-refractivity contribution in [3.05, 3.63) is 35.0 Å². The van der Waals surface area contributed by atoms with E-state index in [1.54, 1.807) is 42.9 Å². The fraction of sp³-hybridized carbons (Fsp3) is 0.435. The van der Waals surface area contributed by atoms with Crippen molar-refractivity contribution in [1.29, 1.82) is 0 Å². The van der Waals surface area contributed by atoms with E-state index < -0.39 is 5.54 Å². The molecule has 1 aliphatic carbocycles. The van der Waals surface area contributed by atoms with E-state index in [0.29, 0.717) is 33.0 Å². The molecule has 32 heavy (non-hydrogen) atoms. The van der Waals surface area contributed by atoms with Crippen molar-refractivity contribution in [2.24, 2.45) is 0 Å². The SMILES string of the molecule is CN1C(=O)c2cc(-c3[nH]c4ccc(Cl)cc4c3O)nn2CC1(C)C(=O)NC1CCCCC1. The van der Waals surface area contributed by atoms with Crippen LogP contribution in [0.15, 0.2) is 24.3 Å². The number of aromatic hydroxyl groups is 1. The third-order valence-electron chi connectivity index (χ3n) is 6.92. The summed E-state index contributed by atoms with van der Waals surface area (Å²) in [5.41, 5.74) is 0.881. The number of fused-ring (bicyclic) bond motifs is 2. The highest BCUT2D eigenvalue weighted by Gasteiger charge is 2.46. The average Bonchev–Trinajstić information content (AvgIpc) is 3.34. The van der Waals surface area contributed by atoms with Gasteiger partial charge >= 0.3 is 0 Å². The Kier molecular flexibility index (Phi) is 4.93. The molecular formula is C23H26ClN5O3. The molecule has 1 aromatic carbocycles. The lowest BCUT2D eigenvalue weighted by atomic mass is 9.92.